The molecule has 19 rings (SSSR count). The van der Waals surface area contributed by atoms with Crippen LogP contribution in [0.1, 0.15) is 0 Å². The third kappa shape index (κ3) is 6.17. The Morgan fingerprint density at radius 1 is 0.202 bits per heavy atom. The van der Waals surface area contributed by atoms with Gasteiger partial charge in [0.1, 0.15) is 5.58 Å². The third-order valence-electron chi connectivity index (χ3n) is 18.0. The maximum absolute atomic E-state index is 7.06. The Bertz CT molecular complexity index is 5930. The first-order valence-corrected chi connectivity index (χ1v) is 28.8. The zero-order valence-corrected chi connectivity index (χ0v) is 45.3. The molecule has 13 aromatic carbocycles. The van der Waals surface area contributed by atoms with Gasteiger partial charge >= 0.3 is 0 Å². The van der Waals surface area contributed by atoms with E-state index in [1.54, 1.807) is 0 Å². The molecule has 0 unspecified atom stereocenters. The van der Waals surface area contributed by atoms with E-state index in [9.17, 15) is 0 Å². The van der Waals surface area contributed by atoms with Crippen molar-refractivity contribution in [1.82, 2.24) is 22.8 Å². The summed E-state index contributed by atoms with van der Waals surface area (Å²) in [6.45, 7) is 0. The van der Waals surface area contributed by atoms with Crippen LogP contribution in [0.2, 0.25) is 0 Å². The van der Waals surface area contributed by atoms with Crippen LogP contribution in [0.25, 0.3) is 171 Å². The highest BCUT2D eigenvalue weighted by molar-refractivity contribution is 6.31. The molecule has 6 heterocycles. The lowest BCUT2D eigenvalue weighted by molar-refractivity contribution is 0.666. The highest BCUT2D eigenvalue weighted by atomic mass is 16.3. The van der Waals surface area contributed by atoms with Crippen LogP contribution in [0.5, 0.6) is 0 Å². The van der Waals surface area contributed by atoms with Gasteiger partial charge in [-0.25, -0.2) is 0 Å². The topological polar surface area (TPSA) is 37.8 Å². The van der Waals surface area contributed by atoms with Gasteiger partial charge in [0.15, 0.2) is 5.58 Å². The summed E-state index contributed by atoms with van der Waals surface area (Å²) in [4.78, 5) is 0. The van der Waals surface area contributed by atoms with Crippen molar-refractivity contribution in [2.75, 3.05) is 0 Å². The maximum atomic E-state index is 7.06. The Morgan fingerprint density at radius 3 is 1.08 bits per heavy atom. The lowest BCUT2D eigenvalue weighted by Gasteiger charge is -2.13. The fourth-order valence-electron chi connectivity index (χ4n) is 14.6. The van der Waals surface area contributed by atoms with Gasteiger partial charge in [-0.1, -0.05) is 158 Å². The number of furan rings is 1. The van der Waals surface area contributed by atoms with Gasteiger partial charge in [0, 0.05) is 87.4 Å². The summed E-state index contributed by atoms with van der Waals surface area (Å²) < 4.78 is 19.2. The Morgan fingerprint density at radius 2 is 0.548 bits per heavy atom. The maximum Gasteiger partial charge on any atom is 0.159 e. The molecule has 0 saturated carbocycles. The molecular weight excluding hydrogens is 1020 g/mol. The minimum atomic E-state index is 0.855. The molecule has 84 heavy (non-hydrogen) atoms. The van der Waals surface area contributed by atoms with Crippen LogP contribution in [-0.4, -0.2) is 22.8 Å². The van der Waals surface area contributed by atoms with Gasteiger partial charge in [-0.15, -0.1) is 0 Å². The van der Waals surface area contributed by atoms with E-state index < -0.39 is 0 Å². The van der Waals surface area contributed by atoms with E-state index in [4.69, 9.17) is 4.42 Å². The van der Waals surface area contributed by atoms with E-state index in [1.807, 2.05) is 0 Å². The van der Waals surface area contributed by atoms with Crippen LogP contribution in [-0.2, 0) is 0 Å². The summed E-state index contributed by atoms with van der Waals surface area (Å²) in [5.41, 5.74) is 21.2. The quantitative estimate of drug-likeness (QED) is 0.164. The highest BCUT2D eigenvalue weighted by Gasteiger charge is 2.25. The van der Waals surface area contributed by atoms with E-state index in [2.05, 4.69) is 308 Å². The van der Waals surface area contributed by atoms with E-state index in [0.29, 0.717) is 0 Å². The van der Waals surface area contributed by atoms with Gasteiger partial charge in [-0.2, -0.15) is 0 Å². The number of rotatable bonds is 6. The Balaban J connectivity index is 0.802. The minimum absolute atomic E-state index is 0.855. The van der Waals surface area contributed by atoms with Crippen molar-refractivity contribution in [2.24, 2.45) is 0 Å². The molecule has 19 aromatic rings. The normalized spacial score (nSPS) is 12.3. The number of nitrogens with zero attached hydrogens (tertiary/aromatic N) is 5. The third-order valence-corrected chi connectivity index (χ3v) is 18.0. The molecule has 0 amide bonds. The van der Waals surface area contributed by atoms with Crippen molar-refractivity contribution in [2.45, 2.75) is 0 Å². The SMILES string of the molecule is c1ccc(-n2c3ccc(-c4ccc5oc6c(-n7c8ccccc8c8c9c%10ccccc%10n(-c%10ccccc%10)c9ccc87)cccc6c5c4)cc3c3c4c5ccccc5n(-c5cccc(-n6c7ccccc7c7ccccc76)c5)c4ccc32)cc1. The van der Waals surface area contributed by atoms with Crippen LogP contribution in [0.4, 0.5) is 0 Å². The molecule has 6 nitrogen and oxygen atoms in total. The van der Waals surface area contributed by atoms with E-state index in [1.165, 1.54) is 81.4 Å². The molecule has 0 atom stereocenters. The van der Waals surface area contributed by atoms with Crippen LogP contribution < -0.4 is 0 Å². The lowest BCUT2D eigenvalue weighted by Crippen LogP contribution is -1.98. The predicted molar refractivity (Wildman–Crippen MR) is 351 cm³/mol. The zero-order valence-electron chi connectivity index (χ0n) is 45.3. The number of benzene rings is 13. The Hall–Kier alpha value is -11.3. The fraction of sp³-hybridized carbons (Fsp3) is 0. The molecule has 6 heteroatoms. The first-order chi connectivity index (χ1) is 41.7. The zero-order chi connectivity index (χ0) is 54.7. The van der Waals surface area contributed by atoms with E-state index in [0.717, 1.165) is 89.1 Å². The van der Waals surface area contributed by atoms with Crippen molar-refractivity contribution >= 4 is 131 Å². The Labute approximate surface area is 480 Å². The van der Waals surface area contributed by atoms with Gasteiger partial charge in [0.25, 0.3) is 0 Å². The molecule has 6 aromatic heterocycles. The summed E-state index contributed by atoms with van der Waals surface area (Å²) in [6, 6.07) is 104. The molecule has 0 aliphatic rings. The van der Waals surface area contributed by atoms with Gasteiger partial charge in [-0.3, -0.25) is 0 Å². The molecule has 0 spiro atoms. The summed E-state index contributed by atoms with van der Waals surface area (Å²) in [7, 11) is 0. The van der Waals surface area contributed by atoms with Crippen molar-refractivity contribution in [1.29, 1.82) is 0 Å². The van der Waals surface area contributed by atoms with E-state index >= 15 is 0 Å². The molecule has 0 bridgehead atoms. The van der Waals surface area contributed by atoms with E-state index in [-0.39, 0.29) is 0 Å². The highest BCUT2D eigenvalue weighted by Crippen LogP contribution is 2.47. The number of hydrogen-bond acceptors (Lipinski definition) is 1. The molecule has 390 valence electrons. The first-order valence-electron chi connectivity index (χ1n) is 28.8. The van der Waals surface area contributed by atoms with Crippen molar-refractivity contribution < 1.29 is 4.42 Å². The van der Waals surface area contributed by atoms with Gasteiger partial charge in [-0.05, 0) is 139 Å². The summed E-state index contributed by atoms with van der Waals surface area (Å²) in [5, 5.41) is 14.5. The number of fused-ring (bicyclic) bond motifs is 20. The average Bonchev–Trinajstić information content (AvgIpc) is 2.19. The smallest absolute Gasteiger partial charge is 0.159 e. The summed E-state index contributed by atoms with van der Waals surface area (Å²) >= 11 is 0. The molecule has 0 fully saturated rings. The molecule has 0 saturated heterocycles. The van der Waals surface area contributed by atoms with Crippen LogP contribution in [0.15, 0.2) is 290 Å². The van der Waals surface area contributed by atoms with Gasteiger partial charge in [0.05, 0.1) is 60.9 Å². The average molecular weight is 1070 g/mol. The summed E-state index contributed by atoms with van der Waals surface area (Å²) in [6.07, 6.45) is 0. The largest absolute Gasteiger partial charge is 0.454 e. The van der Waals surface area contributed by atoms with Crippen molar-refractivity contribution in [3.63, 3.8) is 0 Å². The molecular formula is C78H47N5O. The minimum Gasteiger partial charge on any atom is -0.454 e. The second-order valence-corrected chi connectivity index (χ2v) is 22.4. The standard InChI is InChI=1S/C78H47N5O/c1-3-19-50(20-4-1)79-64-33-14-9-27-57(64)74-68(79)42-43-71-76(74)59-29-11-16-35-66(59)83(71)72-36-18-30-56-60-45-49(38-44-73(60)84-78(56)72)48-37-39-67-61(46-48)77-70(80(67)51-21-5-2-6-22-51)41-40-69-75(77)58-28-10-15-34-65(58)82(69)53-24-17-23-52(47-53)81-62-31-12-7-25-54(62)55-26-8-13-32-63(55)81/h1-47H. The monoisotopic (exact) mass is 1070 g/mol. The second kappa shape index (κ2) is 17.1. The summed E-state index contributed by atoms with van der Waals surface area (Å²) in [5.74, 6) is 0. The number of aromatic nitrogens is 5. The first kappa shape index (κ1) is 45.4. The lowest BCUT2D eigenvalue weighted by atomic mass is 9.99. The van der Waals surface area contributed by atoms with Crippen molar-refractivity contribution in [3.05, 3.63) is 285 Å². The van der Waals surface area contributed by atoms with Crippen LogP contribution in [0.3, 0.4) is 0 Å². The van der Waals surface area contributed by atoms with Gasteiger partial charge < -0.3 is 27.3 Å². The molecule has 0 N–H and O–H groups in total. The number of hydrogen-bond donors (Lipinski definition) is 0. The fourth-order valence-corrected chi connectivity index (χ4v) is 14.6. The second-order valence-electron chi connectivity index (χ2n) is 22.4. The predicted octanol–water partition coefficient (Wildman–Crippen LogP) is 20.7. The van der Waals surface area contributed by atoms with Crippen LogP contribution in [0, 0.1) is 0 Å². The molecule has 0 aliphatic carbocycles. The van der Waals surface area contributed by atoms with Crippen LogP contribution >= 0.6 is 0 Å². The number of para-hydroxylation sites is 8. The molecule has 0 aliphatic heterocycles. The van der Waals surface area contributed by atoms with Crippen molar-refractivity contribution in [3.8, 4) is 39.6 Å². The molecule has 0 radical (unpaired) electrons. The van der Waals surface area contributed by atoms with Gasteiger partial charge in [0.2, 0.25) is 0 Å². The Kier molecular flexibility index (Phi) is 9.24.